The second-order valence-electron chi connectivity index (χ2n) is 5.26. The minimum atomic E-state index is -4.47. The molecule has 0 amide bonds. The van der Waals surface area contributed by atoms with Crippen LogP contribution >= 0.6 is 22.9 Å². The van der Waals surface area contributed by atoms with E-state index in [4.69, 9.17) is 16.3 Å². The number of halogens is 4. The van der Waals surface area contributed by atoms with Crippen LogP contribution in [-0.2, 0) is 12.7 Å². The molecule has 0 fully saturated rings. The monoisotopic (exact) mass is 399 g/mol. The van der Waals surface area contributed by atoms with Gasteiger partial charge in [0, 0.05) is 28.5 Å². The highest BCUT2D eigenvalue weighted by atomic mass is 35.5. The Morgan fingerprint density at radius 1 is 1.19 bits per heavy atom. The van der Waals surface area contributed by atoms with Gasteiger partial charge in [0.15, 0.2) is 0 Å². The van der Waals surface area contributed by atoms with Gasteiger partial charge in [0.05, 0.1) is 18.7 Å². The third-order valence-electron chi connectivity index (χ3n) is 3.47. The summed E-state index contributed by atoms with van der Waals surface area (Å²) in [5, 5.41) is 4.20. The number of nitrogens with zero attached hydrogens (tertiary/aromatic N) is 2. The number of pyridine rings is 1. The van der Waals surface area contributed by atoms with Crippen molar-refractivity contribution in [1.29, 1.82) is 0 Å². The van der Waals surface area contributed by atoms with Gasteiger partial charge in [-0.15, -0.1) is 11.3 Å². The van der Waals surface area contributed by atoms with Crippen molar-refractivity contribution in [2.75, 3.05) is 12.4 Å². The molecule has 0 aliphatic carbocycles. The summed E-state index contributed by atoms with van der Waals surface area (Å²) in [4.78, 5) is 8.55. The molecule has 0 aliphatic heterocycles. The standard InChI is InChI=1S/C17H13ClF3N3OS/c1-25-14-3-2-10(6-13(14)18)16-24-9-12(26-16)8-23-11-4-5-22-15(7-11)17(19,20)21/h2-7,9H,8H2,1H3,(H,22,23). The van der Waals surface area contributed by atoms with Gasteiger partial charge in [0.2, 0.25) is 0 Å². The van der Waals surface area contributed by atoms with Crippen LogP contribution in [0.25, 0.3) is 10.6 Å². The number of ether oxygens (including phenoxy) is 1. The number of hydrogen-bond donors (Lipinski definition) is 1. The van der Waals surface area contributed by atoms with Crippen molar-refractivity contribution in [2.24, 2.45) is 0 Å². The Balaban J connectivity index is 1.70. The first-order chi connectivity index (χ1) is 12.4. The number of aromatic nitrogens is 2. The summed E-state index contributed by atoms with van der Waals surface area (Å²) in [6, 6.07) is 7.83. The summed E-state index contributed by atoms with van der Waals surface area (Å²) in [5.74, 6) is 0.576. The maximum absolute atomic E-state index is 12.7. The maximum Gasteiger partial charge on any atom is 0.433 e. The number of alkyl halides is 3. The minimum Gasteiger partial charge on any atom is -0.495 e. The summed E-state index contributed by atoms with van der Waals surface area (Å²) >= 11 is 7.55. The molecule has 9 heteroatoms. The molecule has 3 rings (SSSR count). The molecule has 2 heterocycles. The Labute approximate surface area is 156 Å². The van der Waals surface area contributed by atoms with E-state index in [-0.39, 0.29) is 0 Å². The second kappa shape index (κ2) is 7.51. The molecule has 0 radical (unpaired) electrons. The van der Waals surface area contributed by atoms with Crippen LogP contribution in [0, 0.1) is 0 Å². The third kappa shape index (κ3) is 4.25. The molecule has 1 N–H and O–H groups in total. The molecule has 1 aromatic carbocycles. The molecule has 0 spiro atoms. The maximum atomic E-state index is 12.7. The molecule has 0 atom stereocenters. The van der Waals surface area contributed by atoms with Crippen molar-refractivity contribution in [3.05, 3.63) is 58.3 Å². The SMILES string of the molecule is COc1ccc(-c2ncc(CNc3ccnc(C(F)(F)F)c3)s2)cc1Cl. The van der Waals surface area contributed by atoms with Gasteiger partial charge in [-0.1, -0.05) is 11.6 Å². The van der Waals surface area contributed by atoms with Crippen molar-refractivity contribution in [3.63, 3.8) is 0 Å². The summed E-state index contributed by atoms with van der Waals surface area (Å²) < 4.78 is 43.2. The molecule has 0 saturated heterocycles. The van der Waals surface area contributed by atoms with Crippen LogP contribution in [0.15, 0.2) is 42.7 Å². The van der Waals surface area contributed by atoms with E-state index in [1.165, 1.54) is 24.5 Å². The Hall–Kier alpha value is -2.32. The molecule has 0 saturated carbocycles. The number of rotatable bonds is 5. The highest BCUT2D eigenvalue weighted by Crippen LogP contribution is 2.33. The number of thiazole rings is 1. The predicted molar refractivity (Wildman–Crippen MR) is 95.7 cm³/mol. The third-order valence-corrected chi connectivity index (χ3v) is 4.81. The van der Waals surface area contributed by atoms with E-state index < -0.39 is 11.9 Å². The van der Waals surface area contributed by atoms with Crippen LogP contribution in [0.2, 0.25) is 5.02 Å². The fourth-order valence-corrected chi connectivity index (χ4v) is 3.31. The van der Waals surface area contributed by atoms with Crippen LogP contribution in [-0.4, -0.2) is 17.1 Å². The molecular formula is C17H13ClF3N3OS. The average Bonchev–Trinajstić information content (AvgIpc) is 3.08. The summed E-state index contributed by atoms with van der Waals surface area (Å²) in [7, 11) is 1.54. The Kier molecular flexibility index (Phi) is 5.33. The van der Waals surface area contributed by atoms with Crippen molar-refractivity contribution >= 4 is 28.6 Å². The van der Waals surface area contributed by atoms with Gasteiger partial charge in [-0.05, 0) is 30.3 Å². The molecule has 136 valence electrons. The first kappa shape index (κ1) is 18.5. The average molecular weight is 400 g/mol. The van der Waals surface area contributed by atoms with Crippen molar-refractivity contribution in [3.8, 4) is 16.3 Å². The lowest BCUT2D eigenvalue weighted by molar-refractivity contribution is -0.141. The predicted octanol–water partition coefficient (Wildman–Crippen LogP) is 5.50. The van der Waals surface area contributed by atoms with Gasteiger partial charge >= 0.3 is 6.18 Å². The van der Waals surface area contributed by atoms with Crippen LogP contribution in [0.5, 0.6) is 5.75 Å². The van der Waals surface area contributed by atoms with E-state index in [0.29, 0.717) is 23.0 Å². The van der Waals surface area contributed by atoms with Gasteiger partial charge in [-0.2, -0.15) is 13.2 Å². The van der Waals surface area contributed by atoms with Gasteiger partial charge in [0.1, 0.15) is 16.5 Å². The van der Waals surface area contributed by atoms with Gasteiger partial charge < -0.3 is 10.1 Å². The van der Waals surface area contributed by atoms with Crippen molar-refractivity contribution in [1.82, 2.24) is 9.97 Å². The Bertz CT molecular complexity index is 914. The van der Waals surface area contributed by atoms with E-state index in [1.54, 1.807) is 18.3 Å². The van der Waals surface area contributed by atoms with E-state index in [1.807, 2.05) is 6.07 Å². The number of methoxy groups -OCH3 is 1. The topological polar surface area (TPSA) is 47.0 Å². The molecule has 4 nitrogen and oxygen atoms in total. The van der Waals surface area contributed by atoms with Crippen LogP contribution in [0.1, 0.15) is 10.6 Å². The number of hydrogen-bond acceptors (Lipinski definition) is 5. The quantitative estimate of drug-likeness (QED) is 0.615. The van der Waals surface area contributed by atoms with E-state index in [2.05, 4.69) is 15.3 Å². The van der Waals surface area contributed by atoms with Gasteiger partial charge in [-0.25, -0.2) is 4.98 Å². The molecule has 0 aliphatic rings. The van der Waals surface area contributed by atoms with E-state index in [0.717, 1.165) is 27.7 Å². The van der Waals surface area contributed by atoms with Gasteiger partial charge in [-0.3, -0.25) is 4.98 Å². The lowest BCUT2D eigenvalue weighted by Gasteiger charge is -2.08. The Morgan fingerprint density at radius 3 is 2.69 bits per heavy atom. The van der Waals surface area contributed by atoms with Crippen molar-refractivity contribution in [2.45, 2.75) is 12.7 Å². The Morgan fingerprint density at radius 2 is 2.00 bits per heavy atom. The van der Waals surface area contributed by atoms with E-state index >= 15 is 0 Å². The fourth-order valence-electron chi connectivity index (χ4n) is 2.21. The van der Waals surface area contributed by atoms with Crippen LogP contribution in [0.3, 0.4) is 0 Å². The number of anilines is 1. The van der Waals surface area contributed by atoms with Crippen molar-refractivity contribution < 1.29 is 17.9 Å². The number of benzene rings is 1. The fraction of sp³-hybridized carbons (Fsp3) is 0.176. The molecular weight excluding hydrogens is 387 g/mol. The second-order valence-corrected chi connectivity index (χ2v) is 6.78. The zero-order valence-corrected chi connectivity index (χ0v) is 15.0. The normalized spacial score (nSPS) is 11.4. The highest BCUT2D eigenvalue weighted by Gasteiger charge is 2.32. The first-order valence-electron chi connectivity index (χ1n) is 7.42. The molecule has 0 bridgehead atoms. The zero-order valence-electron chi connectivity index (χ0n) is 13.5. The first-order valence-corrected chi connectivity index (χ1v) is 8.62. The summed E-state index contributed by atoms with van der Waals surface area (Å²) in [6.07, 6.45) is -1.66. The minimum absolute atomic E-state index is 0.342. The summed E-state index contributed by atoms with van der Waals surface area (Å²) in [5.41, 5.74) is 0.255. The largest absolute Gasteiger partial charge is 0.495 e. The van der Waals surface area contributed by atoms with Gasteiger partial charge in [0.25, 0.3) is 0 Å². The highest BCUT2D eigenvalue weighted by molar-refractivity contribution is 7.15. The lowest BCUT2D eigenvalue weighted by atomic mass is 10.2. The molecule has 2 aromatic heterocycles. The smallest absolute Gasteiger partial charge is 0.433 e. The zero-order chi connectivity index (χ0) is 18.7. The molecule has 3 aromatic rings. The molecule has 26 heavy (non-hydrogen) atoms. The summed E-state index contributed by atoms with van der Waals surface area (Å²) in [6.45, 7) is 0.350. The van der Waals surface area contributed by atoms with Crippen LogP contribution < -0.4 is 10.1 Å². The van der Waals surface area contributed by atoms with Crippen LogP contribution in [0.4, 0.5) is 18.9 Å². The number of nitrogens with one attached hydrogen (secondary N) is 1. The molecule has 0 unspecified atom stereocenters. The lowest BCUT2D eigenvalue weighted by Crippen LogP contribution is -2.08. The van der Waals surface area contributed by atoms with E-state index in [9.17, 15) is 13.2 Å².